The molecule has 0 unspecified atom stereocenters. The first-order valence-corrected chi connectivity index (χ1v) is 11.7. The molecule has 0 aliphatic heterocycles. The van der Waals surface area contributed by atoms with Gasteiger partial charge >= 0.3 is 5.63 Å². The fourth-order valence-corrected chi connectivity index (χ4v) is 4.04. The lowest BCUT2D eigenvalue weighted by Crippen LogP contribution is -2.20. The SMILES string of the molecule is CCCN(C)CCCCCOc1c(OC)ccc2c(Nc3c(Cl)cncc3Cl)cc(=O)oc12. The van der Waals surface area contributed by atoms with E-state index >= 15 is 0 Å². The highest BCUT2D eigenvalue weighted by molar-refractivity contribution is 6.39. The van der Waals surface area contributed by atoms with Crippen molar-refractivity contribution >= 4 is 45.5 Å². The molecule has 0 aliphatic carbocycles. The second kappa shape index (κ2) is 12.1. The van der Waals surface area contributed by atoms with Gasteiger partial charge in [-0.2, -0.15) is 0 Å². The second-order valence-electron chi connectivity index (χ2n) is 7.77. The number of aromatic nitrogens is 1. The number of benzene rings is 1. The van der Waals surface area contributed by atoms with E-state index in [0.717, 1.165) is 38.8 Å². The molecule has 0 amide bonds. The minimum absolute atomic E-state index is 0.299. The molecular weight excluding hydrogens is 465 g/mol. The van der Waals surface area contributed by atoms with Crippen LogP contribution in [0.1, 0.15) is 32.6 Å². The molecule has 0 saturated carbocycles. The third-order valence-electron chi connectivity index (χ3n) is 5.20. The van der Waals surface area contributed by atoms with E-state index < -0.39 is 5.63 Å². The van der Waals surface area contributed by atoms with E-state index in [2.05, 4.69) is 29.2 Å². The number of nitrogens with zero attached hydrogens (tertiary/aromatic N) is 2. The van der Waals surface area contributed by atoms with Gasteiger partial charge < -0.3 is 24.1 Å². The molecule has 33 heavy (non-hydrogen) atoms. The summed E-state index contributed by atoms with van der Waals surface area (Å²) in [6.45, 7) is 4.84. The zero-order valence-corrected chi connectivity index (χ0v) is 20.6. The molecule has 178 valence electrons. The van der Waals surface area contributed by atoms with Gasteiger partial charge in [0.15, 0.2) is 11.3 Å². The van der Waals surface area contributed by atoms with Gasteiger partial charge in [0.25, 0.3) is 0 Å². The maximum atomic E-state index is 12.4. The van der Waals surface area contributed by atoms with Gasteiger partial charge in [0, 0.05) is 23.8 Å². The highest BCUT2D eigenvalue weighted by atomic mass is 35.5. The summed E-state index contributed by atoms with van der Waals surface area (Å²) in [6.07, 6.45) is 7.12. The standard InChI is InChI=1S/C24H29Cl2N3O4/c1-4-10-29(2)11-6-5-7-12-32-24-20(31-3)9-8-16-19(13-21(30)33-23(16)24)28-22-17(25)14-27-15-18(22)26/h8-9,13-15H,4-7,10-12H2,1-3H3,(H,27,28). The van der Waals surface area contributed by atoms with E-state index in [-0.39, 0.29) is 0 Å². The summed E-state index contributed by atoms with van der Waals surface area (Å²) in [6, 6.07) is 4.91. The van der Waals surface area contributed by atoms with Crippen LogP contribution in [0.25, 0.3) is 11.0 Å². The Morgan fingerprint density at radius 1 is 1.12 bits per heavy atom. The molecule has 0 saturated heterocycles. The van der Waals surface area contributed by atoms with Gasteiger partial charge in [-0.1, -0.05) is 30.1 Å². The molecule has 0 atom stereocenters. The van der Waals surface area contributed by atoms with Crippen molar-refractivity contribution in [1.29, 1.82) is 0 Å². The number of halogens is 2. The Morgan fingerprint density at radius 2 is 1.88 bits per heavy atom. The van der Waals surface area contributed by atoms with Gasteiger partial charge in [0.05, 0.1) is 35.1 Å². The quantitative estimate of drug-likeness (QED) is 0.240. The first kappa shape index (κ1) is 25.1. The van der Waals surface area contributed by atoms with Crippen LogP contribution in [-0.4, -0.2) is 43.7 Å². The normalized spacial score (nSPS) is 11.2. The molecule has 1 aromatic carbocycles. The zero-order chi connectivity index (χ0) is 23.8. The number of anilines is 2. The molecule has 0 spiro atoms. The van der Waals surface area contributed by atoms with Crippen LogP contribution in [0.3, 0.4) is 0 Å². The Labute approximate surface area is 203 Å². The maximum absolute atomic E-state index is 12.4. The first-order chi connectivity index (χ1) is 15.9. The van der Waals surface area contributed by atoms with Crippen molar-refractivity contribution in [2.45, 2.75) is 32.6 Å². The fourth-order valence-electron chi connectivity index (χ4n) is 3.58. The van der Waals surface area contributed by atoms with Crippen LogP contribution in [0.5, 0.6) is 11.5 Å². The molecule has 0 radical (unpaired) electrons. The van der Waals surface area contributed by atoms with E-state index in [1.807, 2.05) is 0 Å². The van der Waals surface area contributed by atoms with E-state index in [1.165, 1.54) is 18.5 Å². The van der Waals surface area contributed by atoms with Crippen molar-refractivity contribution in [3.05, 3.63) is 51.1 Å². The molecule has 0 fully saturated rings. The highest BCUT2D eigenvalue weighted by Crippen LogP contribution is 2.40. The summed E-state index contributed by atoms with van der Waals surface area (Å²) in [5.74, 6) is 0.885. The van der Waals surface area contributed by atoms with Crippen molar-refractivity contribution < 1.29 is 13.9 Å². The monoisotopic (exact) mass is 493 g/mol. The number of hydrogen-bond donors (Lipinski definition) is 1. The lowest BCUT2D eigenvalue weighted by Gasteiger charge is -2.16. The van der Waals surface area contributed by atoms with Crippen LogP contribution in [0, 0.1) is 0 Å². The Balaban J connectivity index is 1.81. The average molecular weight is 494 g/mol. The van der Waals surface area contributed by atoms with Crippen molar-refractivity contribution in [3.8, 4) is 11.5 Å². The summed E-state index contributed by atoms with van der Waals surface area (Å²) < 4.78 is 17.0. The third kappa shape index (κ3) is 6.53. The molecule has 2 heterocycles. The summed E-state index contributed by atoms with van der Waals surface area (Å²) in [5.41, 5.74) is 0.700. The number of methoxy groups -OCH3 is 1. The smallest absolute Gasteiger partial charge is 0.338 e. The summed E-state index contributed by atoms with van der Waals surface area (Å²) in [7, 11) is 3.69. The van der Waals surface area contributed by atoms with E-state index in [9.17, 15) is 4.79 Å². The van der Waals surface area contributed by atoms with E-state index in [0.29, 0.717) is 50.5 Å². The minimum Gasteiger partial charge on any atom is -0.493 e. The molecule has 7 nitrogen and oxygen atoms in total. The lowest BCUT2D eigenvalue weighted by molar-refractivity contribution is 0.275. The Bertz CT molecular complexity index is 1120. The number of fused-ring (bicyclic) bond motifs is 1. The van der Waals surface area contributed by atoms with Crippen LogP contribution in [-0.2, 0) is 0 Å². The molecule has 3 rings (SSSR count). The topological polar surface area (TPSA) is 76.8 Å². The van der Waals surface area contributed by atoms with Crippen LogP contribution < -0.4 is 20.4 Å². The predicted octanol–water partition coefficient (Wildman–Crippen LogP) is 6.14. The van der Waals surface area contributed by atoms with Crippen molar-refractivity contribution in [2.75, 3.05) is 39.2 Å². The van der Waals surface area contributed by atoms with Crippen molar-refractivity contribution in [3.63, 3.8) is 0 Å². The van der Waals surface area contributed by atoms with Crippen LogP contribution in [0.4, 0.5) is 11.4 Å². The zero-order valence-electron chi connectivity index (χ0n) is 19.1. The van der Waals surface area contributed by atoms with Crippen molar-refractivity contribution in [1.82, 2.24) is 9.88 Å². The van der Waals surface area contributed by atoms with Gasteiger partial charge in [-0.25, -0.2) is 4.79 Å². The highest BCUT2D eigenvalue weighted by Gasteiger charge is 2.17. The van der Waals surface area contributed by atoms with Gasteiger partial charge in [-0.05, 0) is 58.0 Å². The summed E-state index contributed by atoms with van der Waals surface area (Å²) >= 11 is 12.5. The summed E-state index contributed by atoms with van der Waals surface area (Å²) in [5, 5.41) is 4.43. The predicted molar refractivity (Wildman–Crippen MR) is 134 cm³/mol. The first-order valence-electron chi connectivity index (χ1n) is 11.0. The maximum Gasteiger partial charge on any atom is 0.338 e. The van der Waals surface area contributed by atoms with Crippen molar-refractivity contribution in [2.24, 2.45) is 0 Å². The second-order valence-corrected chi connectivity index (χ2v) is 8.58. The fraction of sp³-hybridized carbons (Fsp3) is 0.417. The number of rotatable bonds is 12. The van der Waals surface area contributed by atoms with Crippen LogP contribution >= 0.6 is 23.2 Å². The molecule has 0 aliphatic rings. The van der Waals surface area contributed by atoms with Crippen LogP contribution in [0.2, 0.25) is 10.0 Å². The average Bonchev–Trinajstić information content (AvgIpc) is 2.78. The van der Waals surface area contributed by atoms with E-state index in [4.69, 9.17) is 37.1 Å². The molecule has 0 bridgehead atoms. The summed E-state index contributed by atoms with van der Waals surface area (Å²) in [4.78, 5) is 18.6. The molecular formula is C24H29Cl2N3O4. The number of hydrogen-bond acceptors (Lipinski definition) is 7. The molecule has 9 heteroatoms. The molecule has 3 aromatic rings. The Hall–Kier alpha value is -2.48. The van der Waals surface area contributed by atoms with Crippen LogP contribution in [0.15, 0.2) is 39.8 Å². The number of unbranched alkanes of at least 4 members (excludes halogenated alkanes) is 2. The van der Waals surface area contributed by atoms with Gasteiger partial charge in [-0.15, -0.1) is 0 Å². The third-order valence-corrected chi connectivity index (χ3v) is 5.77. The van der Waals surface area contributed by atoms with E-state index in [1.54, 1.807) is 19.2 Å². The van der Waals surface area contributed by atoms with Gasteiger partial charge in [0.2, 0.25) is 5.75 Å². The number of ether oxygens (including phenoxy) is 2. The number of pyridine rings is 1. The molecule has 1 N–H and O–H groups in total. The Kier molecular flexibility index (Phi) is 9.23. The Morgan fingerprint density at radius 3 is 2.58 bits per heavy atom. The minimum atomic E-state index is -0.539. The largest absolute Gasteiger partial charge is 0.493 e. The van der Waals surface area contributed by atoms with Gasteiger partial charge in [0.1, 0.15) is 0 Å². The van der Waals surface area contributed by atoms with Gasteiger partial charge in [-0.3, -0.25) is 4.98 Å². The lowest BCUT2D eigenvalue weighted by atomic mass is 10.1. The molecule has 2 aromatic heterocycles. The number of nitrogens with one attached hydrogen (secondary N) is 1.